The van der Waals surface area contributed by atoms with Crippen molar-refractivity contribution < 1.29 is 19.1 Å². The number of anilines is 2. The topological polar surface area (TPSA) is 94.5 Å². The second-order valence-electron chi connectivity index (χ2n) is 8.53. The van der Waals surface area contributed by atoms with Crippen molar-refractivity contribution in [3.05, 3.63) is 60.4 Å². The lowest BCUT2D eigenvalue weighted by atomic mass is 9.94. The van der Waals surface area contributed by atoms with Gasteiger partial charge >= 0.3 is 0 Å². The summed E-state index contributed by atoms with van der Waals surface area (Å²) in [5, 5.41) is 6.52. The van der Waals surface area contributed by atoms with E-state index in [9.17, 15) is 9.59 Å². The molecule has 8 nitrogen and oxygen atoms in total. The number of rotatable bonds is 6. The predicted octanol–water partition coefficient (Wildman–Crippen LogP) is 4.83. The van der Waals surface area contributed by atoms with Gasteiger partial charge in [-0.15, -0.1) is 0 Å². The number of carbonyl (C=O) groups excluding carboxylic acids is 2. The van der Waals surface area contributed by atoms with E-state index in [1.54, 1.807) is 30.5 Å². The average Bonchev–Trinajstić information content (AvgIpc) is 3.40. The molecule has 0 radical (unpaired) electrons. The molecule has 1 fully saturated rings. The van der Waals surface area contributed by atoms with Crippen molar-refractivity contribution in [2.75, 3.05) is 16.4 Å². The van der Waals surface area contributed by atoms with Crippen LogP contribution in [0.25, 0.3) is 0 Å². The van der Waals surface area contributed by atoms with Crippen LogP contribution < -0.4 is 20.1 Å². The van der Waals surface area contributed by atoms with Gasteiger partial charge in [0, 0.05) is 55.3 Å². The van der Waals surface area contributed by atoms with Gasteiger partial charge in [-0.2, -0.15) is 0 Å². The van der Waals surface area contributed by atoms with Crippen molar-refractivity contribution in [1.29, 1.82) is 0 Å². The minimum atomic E-state index is -0.542. The van der Waals surface area contributed by atoms with E-state index in [1.807, 2.05) is 36.0 Å². The first-order chi connectivity index (χ1) is 16.5. The van der Waals surface area contributed by atoms with E-state index >= 15 is 0 Å². The third-order valence-corrected chi connectivity index (χ3v) is 7.01. The highest BCUT2D eigenvalue weighted by molar-refractivity contribution is 7.99. The normalized spacial score (nSPS) is 15.8. The largest absolute Gasteiger partial charge is 0.448 e. The Balaban J connectivity index is 1.16. The maximum absolute atomic E-state index is 12.7. The fourth-order valence-electron chi connectivity index (χ4n) is 4.19. The zero-order chi connectivity index (χ0) is 23.5. The Hall–Kier alpha value is -3.46. The van der Waals surface area contributed by atoms with E-state index in [4.69, 9.17) is 9.47 Å². The van der Waals surface area contributed by atoms with Crippen LogP contribution in [0.4, 0.5) is 11.4 Å². The minimum absolute atomic E-state index is 0.138. The van der Waals surface area contributed by atoms with Gasteiger partial charge in [0.25, 0.3) is 11.7 Å². The highest BCUT2D eigenvalue weighted by Crippen LogP contribution is 2.46. The van der Waals surface area contributed by atoms with Crippen LogP contribution in [-0.4, -0.2) is 32.9 Å². The molecule has 2 heterocycles. The van der Waals surface area contributed by atoms with Gasteiger partial charge in [-0.3, -0.25) is 9.59 Å². The van der Waals surface area contributed by atoms with Gasteiger partial charge in [-0.05, 0) is 49.2 Å². The predicted molar refractivity (Wildman–Crippen MR) is 130 cm³/mol. The van der Waals surface area contributed by atoms with Gasteiger partial charge in [0.05, 0.1) is 5.75 Å². The van der Waals surface area contributed by atoms with E-state index < -0.39 is 5.79 Å². The summed E-state index contributed by atoms with van der Waals surface area (Å²) in [5.41, 5.74) is 1.76. The summed E-state index contributed by atoms with van der Waals surface area (Å²) < 4.78 is 14.1. The van der Waals surface area contributed by atoms with E-state index in [2.05, 4.69) is 15.6 Å². The van der Waals surface area contributed by atoms with Crippen LogP contribution in [0.1, 0.15) is 42.5 Å². The van der Waals surface area contributed by atoms with E-state index in [0.29, 0.717) is 22.7 Å². The molecule has 1 saturated carbocycles. The quantitative estimate of drug-likeness (QED) is 0.493. The third kappa shape index (κ3) is 4.89. The lowest BCUT2D eigenvalue weighted by Gasteiger charge is -2.31. The number of nitrogens with zero attached hydrogens (tertiary/aromatic N) is 2. The van der Waals surface area contributed by atoms with E-state index in [-0.39, 0.29) is 17.6 Å². The molecule has 0 saturated heterocycles. The van der Waals surface area contributed by atoms with Crippen LogP contribution in [-0.2, 0) is 11.8 Å². The van der Waals surface area contributed by atoms with Gasteiger partial charge in [0.1, 0.15) is 0 Å². The van der Waals surface area contributed by atoms with Crippen molar-refractivity contribution in [2.24, 2.45) is 7.05 Å². The molecule has 2 N–H and O–H groups in total. The highest BCUT2D eigenvalue weighted by atomic mass is 32.2. The van der Waals surface area contributed by atoms with Crippen molar-refractivity contribution in [3.8, 4) is 11.5 Å². The molecule has 2 amide bonds. The van der Waals surface area contributed by atoms with Crippen LogP contribution >= 0.6 is 11.8 Å². The molecule has 2 aliphatic rings. The summed E-state index contributed by atoms with van der Waals surface area (Å²) >= 11 is 1.36. The van der Waals surface area contributed by atoms with Gasteiger partial charge in [-0.25, -0.2) is 4.98 Å². The summed E-state index contributed by atoms with van der Waals surface area (Å²) in [4.78, 5) is 29.1. The number of amides is 2. The molecule has 176 valence electrons. The number of hydrogen-bond acceptors (Lipinski definition) is 6. The zero-order valence-corrected chi connectivity index (χ0v) is 19.7. The smallest absolute Gasteiger partial charge is 0.255 e. The molecule has 5 rings (SSSR count). The number of aryl methyl sites for hydroxylation is 1. The Morgan fingerprint density at radius 1 is 1.00 bits per heavy atom. The van der Waals surface area contributed by atoms with Crippen molar-refractivity contribution >= 4 is 35.0 Å². The first-order valence-corrected chi connectivity index (χ1v) is 12.3. The van der Waals surface area contributed by atoms with Crippen molar-refractivity contribution in [2.45, 2.75) is 43.0 Å². The number of benzene rings is 2. The summed E-state index contributed by atoms with van der Waals surface area (Å²) in [5.74, 6) is 0.718. The minimum Gasteiger partial charge on any atom is -0.448 e. The maximum Gasteiger partial charge on any atom is 0.255 e. The van der Waals surface area contributed by atoms with Crippen LogP contribution in [0, 0.1) is 0 Å². The molecule has 1 spiro atoms. The first kappa shape index (κ1) is 22.3. The summed E-state index contributed by atoms with van der Waals surface area (Å²) in [6, 6.07) is 12.3. The highest BCUT2D eigenvalue weighted by Gasteiger charge is 2.42. The molecule has 2 aromatic carbocycles. The molecular formula is C25H26N4O4S. The number of ether oxygens (including phenoxy) is 2. The fourth-order valence-corrected chi connectivity index (χ4v) is 4.92. The number of aromatic nitrogens is 2. The molecular weight excluding hydrogens is 452 g/mol. The molecule has 0 unspecified atom stereocenters. The standard InChI is InChI=1S/C25H26N4O4S/c1-29-14-13-26-24(29)34-16-22(30)27-18-7-5-17(6-8-18)23(31)28-19-9-10-20-21(15-19)33-25(32-20)11-3-2-4-12-25/h5-10,13-15H,2-4,11-12,16H2,1H3,(H,27,30)(H,28,31). The van der Waals surface area contributed by atoms with E-state index in [0.717, 1.165) is 36.6 Å². The van der Waals surface area contributed by atoms with Gasteiger partial charge in [0.2, 0.25) is 5.91 Å². The number of hydrogen-bond donors (Lipinski definition) is 2. The Labute approximate surface area is 202 Å². The lowest BCUT2D eigenvalue weighted by molar-refractivity contribution is -0.113. The van der Waals surface area contributed by atoms with Crippen molar-refractivity contribution in [1.82, 2.24) is 9.55 Å². The summed E-state index contributed by atoms with van der Waals surface area (Å²) in [7, 11) is 1.88. The van der Waals surface area contributed by atoms with Crippen molar-refractivity contribution in [3.63, 3.8) is 0 Å². The monoisotopic (exact) mass is 478 g/mol. The molecule has 0 bridgehead atoms. The average molecular weight is 479 g/mol. The Bertz CT molecular complexity index is 1200. The third-order valence-electron chi connectivity index (χ3n) is 5.95. The molecule has 3 aromatic rings. The molecule has 1 aliphatic carbocycles. The Kier molecular flexibility index (Phi) is 6.19. The van der Waals surface area contributed by atoms with E-state index in [1.165, 1.54) is 18.2 Å². The molecule has 9 heteroatoms. The van der Waals surface area contributed by atoms with Crippen LogP contribution in [0.15, 0.2) is 60.0 Å². The number of nitrogens with one attached hydrogen (secondary N) is 2. The number of imidazole rings is 1. The number of carbonyl (C=O) groups is 2. The second kappa shape index (κ2) is 9.42. The van der Waals surface area contributed by atoms with Crippen LogP contribution in [0.2, 0.25) is 0 Å². The van der Waals surface area contributed by atoms with Gasteiger partial charge < -0.3 is 24.7 Å². The van der Waals surface area contributed by atoms with Crippen LogP contribution in [0.5, 0.6) is 11.5 Å². The molecule has 1 aromatic heterocycles. The fraction of sp³-hybridized carbons (Fsp3) is 0.320. The van der Waals surface area contributed by atoms with Crippen LogP contribution in [0.3, 0.4) is 0 Å². The molecule has 1 aliphatic heterocycles. The Morgan fingerprint density at radius 2 is 1.74 bits per heavy atom. The molecule has 34 heavy (non-hydrogen) atoms. The number of fused-ring (bicyclic) bond motifs is 1. The lowest BCUT2D eigenvalue weighted by Crippen LogP contribution is -2.40. The van der Waals surface area contributed by atoms with Gasteiger partial charge in [-0.1, -0.05) is 18.2 Å². The summed E-state index contributed by atoms with van der Waals surface area (Å²) in [6.45, 7) is 0. The summed E-state index contributed by atoms with van der Waals surface area (Å²) in [6.07, 6.45) is 8.69. The SMILES string of the molecule is Cn1ccnc1SCC(=O)Nc1ccc(C(=O)Nc2ccc3c(c2)OC2(CCCCC2)O3)cc1. The van der Waals surface area contributed by atoms with Gasteiger partial charge in [0.15, 0.2) is 16.7 Å². The number of thioether (sulfide) groups is 1. The Morgan fingerprint density at radius 3 is 2.47 bits per heavy atom. The maximum atomic E-state index is 12.7. The second-order valence-corrected chi connectivity index (χ2v) is 9.47. The molecule has 0 atom stereocenters. The first-order valence-electron chi connectivity index (χ1n) is 11.3. The zero-order valence-electron chi connectivity index (χ0n) is 18.9.